The molecule has 5 nitrogen and oxygen atoms in total. The van der Waals surface area contributed by atoms with Gasteiger partial charge in [-0.05, 0) is 12.6 Å². The zero-order valence-corrected chi connectivity index (χ0v) is 11.6. The summed E-state index contributed by atoms with van der Waals surface area (Å²) < 4.78 is 16.1. The molecule has 108 valence electrons. The van der Waals surface area contributed by atoms with Crippen molar-refractivity contribution in [2.75, 3.05) is 46.9 Å². The molecule has 19 heavy (non-hydrogen) atoms. The van der Waals surface area contributed by atoms with Gasteiger partial charge in [-0.15, -0.1) is 0 Å². The number of likely N-dealkylation sites (N-methyl/N-ethyl adjacent to an activating group) is 1. The highest BCUT2D eigenvalue weighted by Crippen LogP contribution is 1.99. The molecule has 0 unspecified atom stereocenters. The molecule has 0 aliphatic carbocycles. The normalized spacial score (nSPS) is 10.8. The number of hydrogen-bond acceptors (Lipinski definition) is 5. The first-order valence-electron chi connectivity index (χ1n) is 6.56. The number of rotatable bonds is 12. The Labute approximate surface area is 115 Å². The van der Waals surface area contributed by atoms with E-state index in [0.29, 0.717) is 39.9 Å². The minimum absolute atomic E-state index is 0.476. The molecular formula is C14H24N2O3. The minimum Gasteiger partial charge on any atom is -0.378 e. The standard InChI is InChI=1S/C14H24N2O3/c1-15-7-8-17-9-10-18-12-16-13-19-11-14-5-3-2-4-6-14/h2-6,15-16H,7-13H2,1H3. The summed E-state index contributed by atoms with van der Waals surface area (Å²) in [4.78, 5) is 0. The highest BCUT2D eigenvalue weighted by Gasteiger charge is 1.92. The van der Waals surface area contributed by atoms with Crippen molar-refractivity contribution in [3.8, 4) is 0 Å². The third-order valence-electron chi connectivity index (χ3n) is 2.39. The predicted molar refractivity (Wildman–Crippen MR) is 74.8 cm³/mol. The van der Waals surface area contributed by atoms with Crippen LogP contribution in [-0.2, 0) is 20.8 Å². The zero-order chi connectivity index (χ0) is 13.6. The zero-order valence-electron chi connectivity index (χ0n) is 11.6. The Morgan fingerprint density at radius 1 is 0.895 bits per heavy atom. The molecule has 1 aromatic carbocycles. The van der Waals surface area contributed by atoms with Gasteiger partial charge in [0.1, 0.15) is 0 Å². The largest absolute Gasteiger partial charge is 0.378 e. The lowest BCUT2D eigenvalue weighted by atomic mass is 10.2. The molecular weight excluding hydrogens is 244 g/mol. The Balaban J connectivity index is 1.79. The third kappa shape index (κ3) is 9.58. The summed E-state index contributed by atoms with van der Waals surface area (Å²) in [5.74, 6) is 0. The van der Waals surface area contributed by atoms with E-state index in [9.17, 15) is 0 Å². The minimum atomic E-state index is 0.476. The number of nitrogens with one attached hydrogen (secondary N) is 2. The third-order valence-corrected chi connectivity index (χ3v) is 2.39. The van der Waals surface area contributed by atoms with E-state index in [2.05, 4.69) is 10.6 Å². The lowest BCUT2D eigenvalue weighted by Crippen LogP contribution is -2.23. The van der Waals surface area contributed by atoms with Gasteiger partial charge in [0.25, 0.3) is 0 Å². The second kappa shape index (κ2) is 12.1. The van der Waals surface area contributed by atoms with Crippen LogP contribution in [0.3, 0.4) is 0 Å². The van der Waals surface area contributed by atoms with E-state index in [4.69, 9.17) is 14.2 Å². The van der Waals surface area contributed by atoms with Crippen LogP contribution in [0, 0.1) is 0 Å². The molecule has 0 aliphatic rings. The second-order valence-corrected chi connectivity index (χ2v) is 4.00. The van der Waals surface area contributed by atoms with Crippen molar-refractivity contribution < 1.29 is 14.2 Å². The molecule has 0 aromatic heterocycles. The highest BCUT2D eigenvalue weighted by atomic mass is 16.5. The van der Waals surface area contributed by atoms with Crippen LogP contribution in [0.1, 0.15) is 5.56 Å². The first kappa shape index (κ1) is 16.1. The van der Waals surface area contributed by atoms with Crippen LogP contribution in [0.4, 0.5) is 0 Å². The molecule has 0 amide bonds. The van der Waals surface area contributed by atoms with Gasteiger partial charge in [-0.25, -0.2) is 0 Å². The van der Waals surface area contributed by atoms with E-state index in [-0.39, 0.29) is 0 Å². The van der Waals surface area contributed by atoms with Crippen LogP contribution in [0.2, 0.25) is 0 Å². The van der Waals surface area contributed by atoms with Crippen LogP contribution < -0.4 is 10.6 Å². The Bertz CT molecular complexity index is 296. The fraction of sp³-hybridized carbons (Fsp3) is 0.571. The predicted octanol–water partition coefficient (Wildman–Crippen LogP) is 0.960. The summed E-state index contributed by atoms with van der Waals surface area (Å²) in [6.45, 7) is 4.36. The monoisotopic (exact) mass is 268 g/mol. The molecule has 1 rings (SSSR count). The van der Waals surface area contributed by atoms with Gasteiger partial charge < -0.3 is 19.5 Å². The van der Waals surface area contributed by atoms with Crippen molar-refractivity contribution in [1.82, 2.24) is 10.6 Å². The van der Waals surface area contributed by atoms with Gasteiger partial charge in [-0.3, -0.25) is 5.32 Å². The average molecular weight is 268 g/mol. The van der Waals surface area contributed by atoms with Gasteiger partial charge in [-0.1, -0.05) is 30.3 Å². The molecule has 0 atom stereocenters. The Hall–Kier alpha value is -0.980. The maximum absolute atomic E-state index is 5.45. The molecule has 0 saturated carbocycles. The molecule has 0 saturated heterocycles. The maximum Gasteiger partial charge on any atom is 0.0987 e. The van der Waals surface area contributed by atoms with E-state index in [1.807, 2.05) is 37.4 Å². The van der Waals surface area contributed by atoms with Crippen molar-refractivity contribution in [1.29, 1.82) is 0 Å². The molecule has 0 heterocycles. The quantitative estimate of drug-likeness (QED) is 0.437. The van der Waals surface area contributed by atoms with Crippen LogP contribution in [-0.4, -0.2) is 46.9 Å². The first-order chi connectivity index (χ1) is 9.43. The summed E-state index contributed by atoms with van der Waals surface area (Å²) in [6, 6.07) is 10.1. The van der Waals surface area contributed by atoms with Gasteiger partial charge in [0.15, 0.2) is 0 Å². The summed E-state index contributed by atoms with van der Waals surface area (Å²) in [7, 11) is 1.90. The van der Waals surface area contributed by atoms with Crippen LogP contribution in [0.15, 0.2) is 30.3 Å². The molecule has 0 aliphatic heterocycles. The molecule has 5 heteroatoms. The Morgan fingerprint density at radius 3 is 2.42 bits per heavy atom. The number of hydrogen-bond donors (Lipinski definition) is 2. The van der Waals surface area contributed by atoms with Gasteiger partial charge in [0.2, 0.25) is 0 Å². The molecule has 0 fully saturated rings. The molecule has 1 aromatic rings. The van der Waals surface area contributed by atoms with E-state index >= 15 is 0 Å². The van der Waals surface area contributed by atoms with Crippen molar-refractivity contribution in [3.63, 3.8) is 0 Å². The summed E-state index contributed by atoms with van der Waals surface area (Å²) in [5, 5.41) is 6.06. The van der Waals surface area contributed by atoms with Gasteiger partial charge in [0, 0.05) is 6.54 Å². The number of ether oxygens (including phenoxy) is 3. The lowest BCUT2D eigenvalue weighted by Gasteiger charge is -2.08. The summed E-state index contributed by atoms with van der Waals surface area (Å²) in [5.41, 5.74) is 1.17. The molecule has 0 radical (unpaired) electrons. The van der Waals surface area contributed by atoms with Crippen LogP contribution in [0.25, 0.3) is 0 Å². The lowest BCUT2D eigenvalue weighted by molar-refractivity contribution is 0.0208. The van der Waals surface area contributed by atoms with Crippen molar-refractivity contribution in [2.24, 2.45) is 0 Å². The molecule has 0 bridgehead atoms. The van der Waals surface area contributed by atoms with E-state index in [1.165, 1.54) is 5.56 Å². The molecule has 2 N–H and O–H groups in total. The fourth-order valence-electron chi connectivity index (χ4n) is 1.40. The van der Waals surface area contributed by atoms with Gasteiger partial charge in [0.05, 0.1) is 39.9 Å². The van der Waals surface area contributed by atoms with Crippen molar-refractivity contribution in [2.45, 2.75) is 6.61 Å². The first-order valence-corrected chi connectivity index (χ1v) is 6.56. The van der Waals surface area contributed by atoms with E-state index < -0.39 is 0 Å². The summed E-state index contributed by atoms with van der Waals surface area (Å²) >= 11 is 0. The van der Waals surface area contributed by atoms with E-state index in [0.717, 1.165) is 6.54 Å². The summed E-state index contributed by atoms with van der Waals surface area (Å²) in [6.07, 6.45) is 0. The SMILES string of the molecule is CNCCOCCOCNCOCc1ccccc1. The van der Waals surface area contributed by atoms with Gasteiger partial charge >= 0.3 is 0 Å². The van der Waals surface area contributed by atoms with E-state index in [1.54, 1.807) is 0 Å². The Morgan fingerprint density at radius 2 is 1.63 bits per heavy atom. The topological polar surface area (TPSA) is 51.8 Å². The van der Waals surface area contributed by atoms with Crippen molar-refractivity contribution >= 4 is 0 Å². The smallest absolute Gasteiger partial charge is 0.0987 e. The molecule has 0 spiro atoms. The van der Waals surface area contributed by atoms with Crippen LogP contribution >= 0.6 is 0 Å². The van der Waals surface area contributed by atoms with Gasteiger partial charge in [-0.2, -0.15) is 0 Å². The number of benzene rings is 1. The van der Waals surface area contributed by atoms with Crippen molar-refractivity contribution in [3.05, 3.63) is 35.9 Å². The maximum atomic E-state index is 5.45. The van der Waals surface area contributed by atoms with Crippen LogP contribution in [0.5, 0.6) is 0 Å². The second-order valence-electron chi connectivity index (χ2n) is 4.00. The fourth-order valence-corrected chi connectivity index (χ4v) is 1.40. The highest BCUT2D eigenvalue weighted by molar-refractivity contribution is 5.13. The average Bonchev–Trinajstić information content (AvgIpc) is 2.46. The Kier molecular flexibility index (Phi) is 10.2.